The maximum atomic E-state index is 11.7. The summed E-state index contributed by atoms with van der Waals surface area (Å²) in [6, 6.07) is 0. The summed E-state index contributed by atoms with van der Waals surface area (Å²) >= 11 is 0. The van der Waals surface area contributed by atoms with E-state index < -0.39 is 11.2 Å². The lowest BCUT2D eigenvalue weighted by atomic mass is 9.74. The normalized spacial score (nSPS) is 38.9. The van der Waals surface area contributed by atoms with Crippen LogP contribution < -0.4 is 0 Å². The summed E-state index contributed by atoms with van der Waals surface area (Å²) in [4.78, 5) is 11.7. The van der Waals surface area contributed by atoms with Gasteiger partial charge in [-0.2, -0.15) is 0 Å². The quantitative estimate of drug-likeness (QED) is 0.577. The van der Waals surface area contributed by atoms with Gasteiger partial charge in [-0.05, 0) is 66.2 Å². The van der Waals surface area contributed by atoms with Gasteiger partial charge in [0.05, 0.1) is 18.3 Å². The molecule has 2 N–H and O–H groups in total. The third kappa shape index (κ3) is 5.66. The van der Waals surface area contributed by atoms with E-state index in [4.69, 9.17) is 9.47 Å². The van der Waals surface area contributed by atoms with E-state index in [0.29, 0.717) is 12.8 Å². The molecule has 1 fully saturated rings. The Kier molecular flexibility index (Phi) is 7.28. The van der Waals surface area contributed by atoms with E-state index in [0.717, 1.165) is 25.7 Å². The molecule has 2 bridgehead atoms. The van der Waals surface area contributed by atoms with Crippen LogP contribution in [-0.4, -0.2) is 46.2 Å². The number of esters is 1. The summed E-state index contributed by atoms with van der Waals surface area (Å²) < 4.78 is 12.2. The maximum absolute atomic E-state index is 11.7. The van der Waals surface area contributed by atoms with E-state index in [1.54, 1.807) is 6.92 Å². The van der Waals surface area contributed by atoms with Crippen LogP contribution in [0.4, 0.5) is 0 Å². The minimum absolute atomic E-state index is 0.205. The van der Waals surface area contributed by atoms with Gasteiger partial charge in [0.15, 0.2) is 0 Å². The molecule has 0 unspecified atom stereocenters. The summed E-state index contributed by atoms with van der Waals surface area (Å²) in [5, 5.41) is 20.4. The standard InChI is InChI=1S/C22H36O5/c1-15-7-6-8-16(2)13-19-18(21(4,25)14-23)11-12-22(5,27-19)20(10-9-15)26-17(3)24/h7,13,18-20,23,25H,6,8-12,14H2,1-5H3/b15-7-,16-13-/t18-,19+,20+,21-,22+/m0/s1. The molecule has 0 amide bonds. The molecule has 0 aromatic heterocycles. The van der Waals surface area contributed by atoms with Gasteiger partial charge in [0.25, 0.3) is 0 Å². The van der Waals surface area contributed by atoms with Crippen LogP contribution in [0.15, 0.2) is 23.3 Å². The Hall–Kier alpha value is -1.17. The number of carbonyl (C=O) groups is 1. The van der Waals surface area contributed by atoms with Gasteiger partial charge in [-0.3, -0.25) is 4.79 Å². The smallest absolute Gasteiger partial charge is 0.303 e. The van der Waals surface area contributed by atoms with Gasteiger partial charge in [-0.15, -0.1) is 0 Å². The van der Waals surface area contributed by atoms with Crippen molar-refractivity contribution < 1.29 is 24.5 Å². The molecule has 0 aromatic carbocycles. The first kappa shape index (κ1) is 22.1. The minimum Gasteiger partial charge on any atom is -0.459 e. The van der Waals surface area contributed by atoms with E-state index in [9.17, 15) is 15.0 Å². The number of hydrogen-bond donors (Lipinski definition) is 2. The Morgan fingerprint density at radius 3 is 2.67 bits per heavy atom. The van der Waals surface area contributed by atoms with Gasteiger partial charge in [-0.25, -0.2) is 0 Å². The summed E-state index contributed by atoms with van der Waals surface area (Å²) in [7, 11) is 0. The minimum atomic E-state index is -1.22. The third-order valence-corrected chi connectivity index (χ3v) is 6.14. The highest BCUT2D eigenvalue weighted by Crippen LogP contribution is 2.42. The summed E-state index contributed by atoms with van der Waals surface area (Å²) in [5.41, 5.74) is 0.677. The molecule has 2 rings (SSSR count). The van der Waals surface area contributed by atoms with Crippen molar-refractivity contribution in [3.63, 3.8) is 0 Å². The second-order valence-electron chi connectivity index (χ2n) is 8.79. The molecular formula is C22H36O5. The molecule has 0 radical (unpaired) electrons. The molecule has 2 heterocycles. The van der Waals surface area contributed by atoms with Crippen molar-refractivity contribution in [2.24, 2.45) is 5.92 Å². The van der Waals surface area contributed by atoms with Crippen LogP contribution in [0.3, 0.4) is 0 Å². The summed E-state index contributed by atoms with van der Waals surface area (Å²) in [6.45, 7) is 9.00. The fourth-order valence-electron chi connectivity index (χ4n) is 4.29. The molecule has 0 spiro atoms. The lowest BCUT2D eigenvalue weighted by Gasteiger charge is -2.49. The summed E-state index contributed by atoms with van der Waals surface area (Å²) in [6.07, 6.45) is 8.51. The van der Waals surface area contributed by atoms with Gasteiger partial charge in [0, 0.05) is 12.8 Å². The number of hydrogen-bond acceptors (Lipinski definition) is 5. The number of rotatable bonds is 3. The SMILES string of the molecule is CC(=O)O[C@@H]1CC/C(C)=C\CC/C(C)=C\[C@H]2O[C@]1(C)CC[C@@H]2[C@@](C)(O)CO. The number of fused-ring (bicyclic) bond motifs is 2. The second-order valence-corrected chi connectivity index (χ2v) is 8.79. The highest BCUT2D eigenvalue weighted by atomic mass is 16.6. The maximum Gasteiger partial charge on any atom is 0.303 e. The average molecular weight is 381 g/mol. The molecule has 0 saturated carbocycles. The molecule has 154 valence electrons. The van der Waals surface area contributed by atoms with E-state index in [1.165, 1.54) is 18.1 Å². The topological polar surface area (TPSA) is 76.0 Å². The number of carbonyl (C=O) groups excluding carboxylic acids is 1. The van der Waals surface area contributed by atoms with Gasteiger partial charge in [0.1, 0.15) is 11.7 Å². The number of allylic oxidation sites excluding steroid dienone is 3. The first-order valence-electron chi connectivity index (χ1n) is 10.1. The fraction of sp³-hybridized carbons (Fsp3) is 0.773. The predicted octanol–water partition coefficient (Wildman–Crippen LogP) is 3.68. The average Bonchev–Trinajstić information content (AvgIpc) is 2.57. The van der Waals surface area contributed by atoms with Crippen LogP contribution in [0.1, 0.15) is 73.1 Å². The van der Waals surface area contributed by atoms with E-state index >= 15 is 0 Å². The predicted molar refractivity (Wildman–Crippen MR) is 105 cm³/mol. The third-order valence-electron chi connectivity index (χ3n) is 6.14. The zero-order valence-electron chi connectivity index (χ0n) is 17.5. The van der Waals surface area contributed by atoms with Crippen LogP contribution >= 0.6 is 0 Å². The lowest BCUT2D eigenvalue weighted by molar-refractivity contribution is -0.219. The highest BCUT2D eigenvalue weighted by molar-refractivity contribution is 5.66. The number of ether oxygens (including phenoxy) is 2. The zero-order valence-corrected chi connectivity index (χ0v) is 17.5. The first-order valence-corrected chi connectivity index (χ1v) is 10.1. The Balaban J connectivity index is 2.40. The van der Waals surface area contributed by atoms with Crippen LogP contribution in [-0.2, 0) is 14.3 Å². The van der Waals surface area contributed by atoms with Crippen molar-refractivity contribution in [1.82, 2.24) is 0 Å². The molecule has 0 aliphatic carbocycles. The monoisotopic (exact) mass is 380 g/mol. The van der Waals surface area contributed by atoms with Gasteiger partial charge >= 0.3 is 5.97 Å². The van der Waals surface area contributed by atoms with E-state index in [-0.39, 0.29) is 30.7 Å². The molecule has 1 saturated heterocycles. The first-order chi connectivity index (χ1) is 12.6. The molecule has 2 aliphatic rings. The van der Waals surface area contributed by atoms with Crippen molar-refractivity contribution in [1.29, 1.82) is 0 Å². The Bertz CT molecular complexity index is 592. The van der Waals surface area contributed by atoms with Crippen LogP contribution in [0.2, 0.25) is 0 Å². The van der Waals surface area contributed by atoms with Crippen molar-refractivity contribution in [2.45, 2.75) is 96.6 Å². The van der Waals surface area contributed by atoms with Crippen LogP contribution in [0, 0.1) is 5.92 Å². The molecule has 27 heavy (non-hydrogen) atoms. The fourth-order valence-corrected chi connectivity index (χ4v) is 4.29. The Labute approximate surface area is 163 Å². The van der Waals surface area contributed by atoms with Gasteiger partial charge in [-0.1, -0.05) is 23.3 Å². The van der Waals surface area contributed by atoms with Crippen molar-refractivity contribution >= 4 is 5.97 Å². The van der Waals surface area contributed by atoms with E-state index in [2.05, 4.69) is 26.0 Å². The van der Waals surface area contributed by atoms with Crippen LogP contribution in [0.5, 0.6) is 0 Å². The van der Waals surface area contributed by atoms with E-state index in [1.807, 2.05) is 6.92 Å². The Morgan fingerprint density at radius 2 is 2.04 bits per heavy atom. The summed E-state index contributed by atoms with van der Waals surface area (Å²) in [5.74, 6) is -0.505. The zero-order chi connectivity index (χ0) is 20.2. The molecule has 5 heteroatoms. The van der Waals surface area contributed by atoms with Gasteiger partial charge in [0.2, 0.25) is 0 Å². The molecule has 5 nitrogen and oxygen atoms in total. The number of aliphatic hydroxyl groups excluding tert-OH is 1. The van der Waals surface area contributed by atoms with Crippen molar-refractivity contribution in [3.05, 3.63) is 23.3 Å². The van der Waals surface area contributed by atoms with Crippen molar-refractivity contribution in [3.8, 4) is 0 Å². The molecule has 0 aromatic rings. The molecular weight excluding hydrogens is 344 g/mol. The second kappa shape index (κ2) is 8.89. The van der Waals surface area contributed by atoms with Crippen LogP contribution in [0.25, 0.3) is 0 Å². The molecule has 2 aliphatic heterocycles. The van der Waals surface area contributed by atoms with Crippen molar-refractivity contribution in [2.75, 3.05) is 6.61 Å². The highest BCUT2D eigenvalue weighted by Gasteiger charge is 2.49. The number of aliphatic hydroxyl groups is 2. The Morgan fingerprint density at radius 1 is 1.33 bits per heavy atom. The van der Waals surface area contributed by atoms with Gasteiger partial charge < -0.3 is 19.7 Å². The largest absolute Gasteiger partial charge is 0.459 e. The lowest BCUT2D eigenvalue weighted by Crippen LogP contribution is -2.56. The molecule has 5 atom stereocenters.